The van der Waals surface area contributed by atoms with Gasteiger partial charge >= 0.3 is 6.09 Å². The van der Waals surface area contributed by atoms with Crippen molar-refractivity contribution in [1.29, 1.82) is 0 Å². The number of nitrogens with one attached hydrogen (secondary N) is 1. The number of ether oxygens (including phenoxy) is 1. The Morgan fingerprint density at radius 3 is 2.56 bits per heavy atom. The van der Waals surface area contributed by atoms with Gasteiger partial charge in [0.15, 0.2) is 5.82 Å². The molecule has 3 aromatic rings. The lowest BCUT2D eigenvalue weighted by Crippen LogP contribution is -2.55. The molecule has 10 nitrogen and oxygen atoms in total. The minimum atomic E-state index is -2.76. The maximum atomic E-state index is 15.2. The van der Waals surface area contributed by atoms with E-state index in [0.717, 1.165) is 0 Å². The van der Waals surface area contributed by atoms with Crippen molar-refractivity contribution in [2.24, 2.45) is 0 Å². The quantitative estimate of drug-likeness (QED) is 0.446. The van der Waals surface area contributed by atoms with Gasteiger partial charge in [-0.05, 0) is 57.0 Å². The molecule has 3 N–H and O–H groups in total. The Morgan fingerprint density at radius 1 is 1.20 bits per heavy atom. The van der Waals surface area contributed by atoms with Crippen LogP contribution in [0, 0.1) is 12.7 Å². The number of halogens is 4. The summed E-state index contributed by atoms with van der Waals surface area (Å²) in [5.74, 6) is -4.05. The van der Waals surface area contributed by atoms with Crippen LogP contribution in [0.1, 0.15) is 42.3 Å². The SMILES string of the molecule is Cc1c(F)cc(-c2cc(CN3CC(F)(F)C3)c3c(N)ncnn23)cc1C(=O)NC1CN(C(=O)OC(C)(C)C)CC1F. The van der Waals surface area contributed by atoms with Crippen LogP contribution in [0.3, 0.4) is 0 Å². The van der Waals surface area contributed by atoms with Gasteiger partial charge in [-0.15, -0.1) is 0 Å². The molecule has 4 heterocycles. The first kappa shape index (κ1) is 28.6. The number of aromatic nitrogens is 3. The van der Waals surface area contributed by atoms with E-state index in [2.05, 4.69) is 15.4 Å². The molecule has 0 aliphatic carbocycles. The molecule has 0 radical (unpaired) electrons. The standard InChI is InChI=1S/C27H31F4N7O3/c1-14-17(24(39)35-20-10-37(9-19(20)29)25(40)41-26(2,3)4)5-15(6-18(14)28)21-7-16(8-36-11-27(30,31)12-36)22-23(32)33-13-34-38(21)22/h5-7,13,19-20H,8-12H2,1-4H3,(H,35,39)(H2,32,33,34). The molecule has 2 amide bonds. The molecule has 0 bridgehead atoms. The number of fused-ring (bicyclic) bond motifs is 1. The molecule has 0 spiro atoms. The van der Waals surface area contributed by atoms with E-state index >= 15 is 4.39 Å². The number of amides is 2. The molecule has 2 unspecified atom stereocenters. The second kappa shape index (κ2) is 10.2. The number of anilines is 1. The number of carbonyl (C=O) groups is 2. The fraction of sp³-hybridized carbons (Fsp3) is 0.481. The summed E-state index contributed by atoms with van der Waals surface area (Å²) in [5.41, 5.74) is 6.91. The van der Waals surface area contributed by atoms with Crippen molar-refractivity contribution in [2.45, 2.75) is 58.0 Å². The first-order valence-corrected chi connectivity index (χ1v) is 13.1. The summed E-state index contributed by atoms with van der Waals surface area (Å²) >= 11 is 0. The predicted molar refractivity (Wildman–Crippen MR) is 142 cm³/mol. The summed E-state index contributed by atoms with van der Waals surface area (Å²) in [7, 11) is 0. The van der Waals surface area contributed by atoms with Crippen molar-refractivity contribution in [3.8, 4) is 11.3 Å². The van der Waals surface area contributed by atoms with Gasteiger partial charge in [0.05, 0.1) is 31.4 Å². The Balaban J connectivity index is 1.42. The van der Waals surface area contributed by atoms with E-state index in [4.69, 9.17) is 10.5 Å². The number of alkyl halides is 3. The van der Waals surface area contributed by atoms with E-state index in [1.165, 1.54) is 39.7 Å². The molecule has 2 aliphatic rings. The van der Waals surface area contributed by atoms with Gasteiger partial charge in [-0.1, -0.05) is 0 Å². The molecular formula is C27H31F4N7O3. The third-order valence-corrected chi connectivity index (χ3v) is 7.07. The fourth-order valence-electron chi connectivity index (χ4n) is 5.12. The van der Waals surface area contributed by atoms with Crippen LogP contribution in [0.15, 0.2) is 24.5 Å². The number of hydrogen-bond donors (Lipinski definition) is 2. The number of nitrogens with zero attached hydrogens (tertiary/aromatic N) is 5. The van der Waals surface area contributed by atoms with Crippen LogP contribution in [-0.4, -0.2) is 86.3 Å². The van der Waals surface area contributed by atoms with E-state index in [9.17, 15) is 22.8 Å². The Labute approximate surface area is 233 Å². The van der Waals surface area contributed by atoms with Gasteiger partial charge in [0, 0.05) is 24.2 Å². The van der Waals surface area contributed by atoms with Gasteiger partial charge in [-0.3, -0.25) is 9.69 Å². The van der Waals surface area contributed by atoms with E-state index in [-0.39, 0.29) is 42.1 Å². The summed E-state index contributed by atoms with van der Waals surface area (Å²) in [6.45, 7) is 5.48. The third-order valence-electron chi connectivity index (χ3n) is 7.07. The Kier molecular flexibility index (Phi) is 7.08. The number of rotatable bonds is 5. The molecule has 14 heteroatoms. The van der Waals surface area contributed by atoms with Crippen LogP contribution >= 0.6 is 0 Å². The first-order valence-electron chi connectivity index (χ1n) is 13.1. The maximum Gasteiger partial charge on any atom is 0.410 e. The zero-order chi connectivity index (χ0) is 29.9. The van der Waals surface area contributed by atoms with Crippen LogP contribution in [0.2, 0.25) is 0 Å². The number of carbonyl (C=O) groups excluding carboxylic acids is 2. The van der Waals surface area contributed by atoms with Gasteiger partial charge < -0.3 is 20.7 Å². The fourth-order valence-corrected chi connectivity index (χ4v) is 5.12. The van der Waals surface area contributed by atoms with Crippen molar-refractivity contribution in [2.75, 3.05) is 31.9 Å². The topological polar surface area (TPSA) is 118 Å². The summed E-state index contributed by atoms with van der Waals surface area (Å²) in [6, 6.07) is 3.30. The van der Waals surface area contributed by atoms with Gasteiger partial charge in [0.1, 0.15) is 29.4 Å². The van der Waals surface area contributed by atoms with Gasteiger partial charge in [-0.2, -0.15) is 5.10 Å². The largest absolute Gasteiger partial charge is 0.444 e. The smallest absolute Gasteiger partial charge is 0.410 e. The van der Waals surface area contributed by atoms with Gasteiger partial charge in [0.2, 0.25) is 0 Å². The molecule has 0 saturated carbocycles. The zero-order valence-electron chi connectivity index (χ0n) is 23.0. The summed E-state index contributed by atoms with van der Waals surface area (Å²) in [6.07, 6.45) is -1.03. The third kappa shape index (κ3) is 5.78. The van der Waals surface area contributed by atoms with Crippen molar-refractivity contribution in [3.63, 3.8) is 0 Å². The lowest BCUT2D eigenvalue weighted by Gasteiger charge is -2.38. The molecule has 2 aliphatic heterocycles. The summed E-state index contributed by atoms with van der Waals surface area (Å²) in [5, 5.41) is 6.81. The van der Waals surface area contributed by atoms with Gasteiger partial charge in [0.25, 0.3) is 11.8 Å². The summed E-state index contributed by atoms with van der Waals surface area (Å²) in [4.78, 5) is 32.4. The predicted octanol–water partition coefficient (Wildman–Crippen LogP) is 3.56. The van der Waals surface area contributed by atoms with E-state index in [1.807, 2.05) is 0 Å². The molecule has 2 aromatic heterocycles. The van der Waals surface area contributed by atoms with E-state index in [1.54, 1.807) is 26.8 Å². The Bertz CT molecular complexity index is 1510. The second-order valence-electron chi connectivity index (χ2n) is 11.6. The Morgan fingerprint density at radius 2 is 1.90 bits per heavy atom. The number of nitrogens with two attached hydrogens (primary N) is 1. The van der Waals surface area contributed by atoms with Crippen molar-refractivity contribution >= 4 is 23.3 Å². The minimum absolute atomic E-state index is 0.0381. The van der Waals surface area contributed by atoms with E-state index in [0.29, 0.717) is 16.8 Å². The average Bonchev–Trinajstić information content (AvgIpc) is 3.40. The maximum absolute atomic E-state index is 15.2. The van der Waals surface area contributed by atoms with Crippen LogP contribution in [0.5, 0.6) is 0 Å². The highest BCUT2D eigenvalue weighted by Gasteiger charge is 2.44. The first-order chi connectivity index (χ1) is 19.1. The molecule has 2 fully saturated rings. The highest BCUT2D eigenvalue weighted by atomic mass is 19.3. The molecule has 1 aromatic carbocycles. The van der Waals surface area contributed by atoms with Gasteiger partial charge in [-0.25, -0.2) is 31.9 Å². The van der Waals surface area contributed by atoms with Crippen LogP contribution in [-0.2, 0) is 11.3 Å². The molecule has 2 saturated heterocycles. The zero-order valence-corrected chi connectivity index (χ0v) is 23.0. The highest BCUT2D eigenvalue weighted by Crippen LogP contribution is 2.34. The average molecular weight is 578 g/mol. The minimum Gasteiger partial charge on any atom is -0.444 e. The molecule has 2 atom stereocenters. The molecular weight excluding hydrogens is 546 g/mol. The Hall–Kier alpha value is -3.94. The number of benzene rings is 1. The van der Waals surface area contributed by atoms with E-state index < -0.39 is 54.6 Å². The number of likely N-dealkylation sites (tertiary alicyclic amines) is 2. The number of nitrogen functional groups attached to an aromatic ring is 1. The monoisotopic (exact) mass is 577 g/mol. The van der Waals surface area contributed by atoms with Crippen molar-refractivity contribution < 1.29 is 31.9 Å². The van der Waals surface area contributed by atoms with Crippen LogP contribution in [0.4, 0.5) is 28.2 Å². The van der Waals surface area contributed by atoms with Crippen molar-refractivity contribution in [1.82, 2.24) is 29.7 Å². The molecule has 41 heavy (non-hydrogen) atoms. The van der Waals surface area contributed by atoms with Crippen LogP contribution < -0.4 is 11.1 Å². The molecule has 220 valence electrons. The highest BCUT2D eigenvalue weighted by molar-refractivity contribution is 5.97. The second-order valence-corrected chi connectivity index (χ2v) is 11.6. The lowest BCUT2D eigenvalue weighted by molar-refractivity contribution is -0.133. The lowest BCUT2D eigenvalue weighted by atomic mass is 10.0. The number of hydrogen-bond acceptors (Lipinski definition) is 7. The van der Waals surface area contributed by atoms with Crippen LogP contribution in [0.25, 0.3) is 16.8 Å². The normalized spacial score (nSPS) is 20.7. The molecule has 5 rings (SSSR count). The summed E-state index contributed by atoms with van der Waals surface area (Å²) < 4.78 is 63.6. The van der Waals surface area contributed by atoms with Crippen molar-refractivity contribution in [3.05, 3.63) is 47.0 Å².